The fraction of sp³-hybridized carbons (Fsp3) is 0.789. The van der Waals surface area contributed by atoms with Gasteiger partial charge in [-0.25, -0.2) is 0 Å². The van der Waals surface area contributed by atoms with Gasteiger partial charge in [0.25, 0.3) is 0 Å². The normalized spacial score (nSPS) is 34.7. The summed E-state index contributed by atoms with van der Waals surface area (Å²) >= 11 is 0. The Morgan fingerprint density at radius 3 is 1.61 bits per heavy atom. The SMILES string of the molecule is CC1CCC(C2=CC=C(C3CCCCC3)C(F)(F)C2(F)F)CC1. The number of alkyl halides is 4. The zero-order valence-corrected chi connectivity index (χ0v) is 13.8. The van der Waals surface area contributed by atoms with Crippen LogP contribution >= 0.6 is 0 Å². The van der Waals surface area contributed by atoms with Crippen LogP contribution in [0.1, 0.15) is 64.7 Å². The summed E-state index contributed by atoms with van der Waals surface area (Å²) in [7, 11) is 0. The second-order valence-corrected chi connectivity index (χ2v) is 7.68. The minimum absolute atomic E-state index is 0.324. The fourth-order valence-corrected chi connectivity index (χ4v) is 4.52. The van der Waals surface area contributed by atoms with Crippen LogP contribution in [0.15, 0.2) is 23.3 Å². The Morgan fingerprint density at radius 2 is 1.13 bits per heavy atom. The van der Waals surface area contributed by atoms with E-state index < -0.39 is 17.8 Å². The first kappa shape index (κ1) is 17.0. The molecule has 3 aliphatic rings. The highest BCUT2D eigenvalue weighted by atomic mass is 19.3. The molecule has 3 rings (SSSR count). The number of hydrogen-bond donors (Lipinski definition) is 0. The Labute approximate surface area is 136 Å². The van der Waals surface area contributed by atoms with Crippen LogP contribution in [0.25, 0.3) is 0 Å². The lowest BCUT2D eigenvalue weighted by molar-refractivity contribution is -0.173. The first-order chi connectivity index (χ1) is 10.8. The van der Waals surface area contributed by atoms with E-state index in [9.17, 15) is 17.6 Å². The van der Waals surface area contributed by atoms with Gasteiger partial charge in [-0.15, -0.1) is 0 Å². The lowest BCUT2D eigenvalue weighted by Gasteiger charge is -2.40. The topological polar surface area (TPSA) is 0 Å². The van der Waals surface area contributed by atoms with Crippen molar-refractivity contribution >= 4 is 0 Å². The van der Waals surface area contributed by atoms with Crippen molar-refractivity contribution in [3.63, 3.8) is 0 Å². The van der Waals surface area contributed by atoms with E-state index in [1.165, 1.54) is 12.2 Å². The summed E-state index contributed by atoms with van der Waals surface area (Å²) in [4.78, 5) is 0. The van der Waals surface area contributed by atoms with Gasteiger partial charge in [-0.3, -0.25) is 0 Å². The van der Waals surface area contributed by atoms with Crippen molar-refractivity contribution in [3.05, 3.63) is 23.3 Å². The van der Waals surface area contributed by atoms with Crippen LogP contribution in [0.5, 0.6) is 0 Å². The Balaban J connectivity index is 1.88. The third-order valence-corrected chi connectivity index (χ3v) is 6.06. The van der Waals surface area contributed by atoms with Crippen molar-refractivity contribution < 1.29 is 17.6 Å². The van der Waals surface area contributed by atoms with E-state index >= 15 is 0 Å². The van der Waals surface area contributed by atoms with E-state index in [0.29, 0.717) is 31.6 Å². The first-order valence-electron chi connectivity index (χ1n) is 9.02. The molecule has 0 aliphatic heterocycles. The van der Waals surface area contributed by atoms with Gasteiger partial charge in [-0.05, 0) is 43.4 Å². The molecule has 0 aromatic heterocycles. The largest absolute Gasteiger partial charge is 0.336 e. The van der Waals surface area contributed by atoms with E-state index in [1.807, 2.05) is 0 Å². The zero-order valence-electron chi connectivity index (χ0n) is 13.8. The summed E-state index contributed by atoms with van der Waals surface area (Å²) in [5.41, 5.74) is -0.649. The summed E-state index contributed by atoms with van der Waals surface area (Å²) in [5.74, 6) is -8.31. The Kier molecular flexibility index (Phi) is 4.63. The van der Waals surface area contributed by atoms with E-state index in [0.717, 1.165) is 32.1 Å². The summed E-state index contributed by atoms with van der Waals surface area (Å²) < 4.78 is 58.7. The number of allylic oxidation sites excluding steroid dienone is 4. The van der Waals surface area contributed by atoms with Crippen molar-refractivity contribution in [3.8, 4) is 0 Å². The maximum absolute atomic E-state index is 14.7. The summed E-state index contributed by atoms with van der Waals surface area (Å²) in [6.07, 6.45) is 9.54. The first-order valence-corrected chi connectivity index (χ1v) is 9.02. The van der Waals surface area contributed by atoms with Crippen molar-refractivity contribution in [1.82, 2.24) is 0 Å². The van der Waals surface area contributed by atoms with Gasteiger partial charge in [0.1, 0.15) is 0 Å². The number of hydrogen-bond acceptors (Lipinski definition) is 0. The molecule has 0 spiro atoms. The predicted molar refractivity (Wildman–Crippen MR) is 83.8 cm³/mol. The van der Waals surface area contributed by atoms with Crippen molar-refractivity contribution in [2.75, 3.05) is 0 Å². The lowest BCUT2D eigenvalue weighted by Crippen LogP contribution is -2.49. The summed E-state index contributed by atoms with van der Waals surface area (Å²) in [6, 6.07) is 0. The molecule has 2 fully saturated rings. The number of rotatable bonds is 2. The maximum Gasteiger partial charge on any atom is 0.336 e. The van der Waals surface area contributed by atoms with Gasteiger partial charge in [-0.1, -0.05) is 51.2 Å². The molecule has 3 aliphatic carbocycles. The van der Waals surface area contributed by atoms with E-state index in [2.05, 4.69) is 6.92 Å². The van der Waals surface area contributed by atoms with Crippen LogP contribution in [-0.4, -0.2) is 11.8 Å². The minimum atomic E-state index is -4.03. The molecule has 0 radical (unpaired) electrons. The Morgan fingerprint density at radius 1 is 0.696 bits per heavy atom. The fourth-order valence-electron chi connectivity index (χ4n) is 4.52. The molecule has 0 amide bonds. The van der Waals surface area contributed by atoms with Crippen LogP contribution in [0, 0.1) is 17.8 Å². The van der Waals surface area contributed by atoms with E-state index in [1.54, 1.807) is 0 Å². The highest BCUT2D eigenvalue weighted by Gasteiger charge is 2.63. The van der Waals surface area contributed by atoms with Gasteiger partial charge in [0, 0.05) is 11.1 Å². The second kappa shape index (κ2) is 6.25. The summed E-state index contributed by atoms with van der Waals surface area (Å²) in [5, 5.41) is 0. The second-order valence-electron chi connectivity index (χ2n) is 7.68. The maximum atomic E-state index is 14.7. The van der Waals surface area contributed by atoms with Crippen LogP contribution < -0.4 is 0 Å². The van der Waals surface area contributed by atoms with E-state index in [4.69, 9.17) is 0 Å². The van der Waals surface area contributed by atoms with Gasteiger partial charge in [-0.2, -0.15) is 17.6 Å². The highest BCUT2D eigenvalue weighted by molar-refractivity contribution is 5.40. The Bertz CT molecular complexity index is 489. The molecule has 0 saturated heterocycles. The quantitative estimate of drug-likeness (QED) is 0.505. The van der Waals surface area contributed by atoms with Crippen molar-refractivity contribution in [2.45, 2.75) is 76.6 Å². The third kappa shape index (κ3) is 2.98. The predicted octanol–water partition coefficient (Wildman–Crippen LogP) is 6.53. The number of halogens is 4. The molecular weight excluding hydrogens is 304 g/mol. The third-order valence-electron chi connectivity index (χ3n) is 6.06. The Hall–Kier alpha value is -0.800. The van der Waals surface area contributed by atoms with Crippen molar-refractivity contribution in [2.24, 2.45) is 17.8 Å². The highest BCUT2D eigenvalue weighted by Crippen LogP contribution is 2.54. The van der Waals surface area contributed by atoms with Crippen LogP contribution in [0.2, 0.25) is 0 Å². The van der Waals surface area contributed by atoms with Gasteiger partial charge in [0.05, 0.1) is 0 Å². The molecule has 0 bridgehead atoms. The average molecular weight is 330 g/mol. The molecule has 0 heterocycles. The molecule has 2 saturated carbocycles. The zero-order chi connectivity index (χ0) is 16.7. The molecule has 0 unspecified atom stereocenters. The smallest absolute Gasteiger partial charge is 0.194 e. The lowest BCUT2D eigenvalue weighted by atomic mass is 9.71. The van der Waals surface area contributed by atoms with Crippen LogP contribution in [0.3, 0.4) is 0 Å². The molecule has 130 valence electrons. The van der Waals surface area contributed by atoms with Gasteiger partial charge in [0.2, 0.25) is 0 Å². The molecule has 0 N–H and O–H groups in total. The molecule has 0 atom stereocenters. The minimum Gasteiger partial charge on any atom is -0.194 e. The average Bonchev–Trinajstić information content (AvgIpc) is 2.52. The summed E-state index contributed by atoms with van der Waals surface area (Å²) in [6.45, 7) is 2.10. The molecule has 4 heteroatoms. The van der Waals surface area contributed by atoms with E-state index in [-0.39, 0.29) is 17.1 Å². The van der Waals surface area contributed by atoms with Gasteiger partial charge in [0.15, 0.2) is 0 Å². The molecule has 0 nitrogen and oxygen atoms in total. The monoisotopic (exact) mass is 330 g/mol. The molecular formula is C19H26F4. The van der Waals surface area contributed by atoms with Gasteiger partial charge < -0.3 is 0 Å². The van der Waals surface area contributed by atoms with Crippen molar-refractivity contribution in [1.29, 1.82) is 0 Å². The van der Waals surface area contributed by atoms with Gasteiger partial charge >= 0.3 is 11.8 Å². The molecule has 23 heavy (non-hydrogen) atoms. The molecule has 0 aromatic carbocycles. The standard InChI is InChI=1S/C19H26F4/c1-13-7-9-15(10-8-13)17-12-11-16(14-5-3-2-4-6-14)18(20,21)19(17,22)23/h11-15H,2-10H2,1H3. The van der Waals surface area contributed by atoms with Crippen LogP contribution in [0.4, 0.5) is 17.6 Å². The van der Waals surface area contributed by atoms with Crippen LogP contribution in [-0.2, 0) is 0 Å². The molecule has 0 aromatic rings.